The maximum absolute atomic E-state index is 13.2. The van der Waals surface area contributed by atoms with Crippen LogP contribution in [-0.2, 0) is 66.5 Å². The number of carboxylic acid groups (broad SMARTS) is 1. The van der Waals surface area contributed by atoms with Gasteiger partial charge in [0.05, 0.1) is 51.3 Å². The van der Waals surface area contributed by atoms with Crippen molar-refractivity contribution in [3.63, 3.8) is 0 Å². The normalized spacial score (nSPS) is 48.1. The first-order valence-corrected chi connectivity index (χ1v) is 24.6. The summed E-state index contributed by atoms with van der Waals surface area (Å²) in [4.78, 5) is 38.4. The molecule has 21 N–H and O–H groups in total. The predicted molar refractivity (Wildman–Crippen MR) is 238 cm³/mol. The Labute approximate surface area is 441 Å². The first kappa shape index (κ1) is 64.4. The van der Waals surface area contributed by atoms with Crippen LogP contribution >= 0.6 is 0 Å². The lowest BCUT2D eigenvalue weighted by molar-refractivity contribution is -0.399. The van der Waals surface area contributed by atoms with Crippen LogP contribution in [0, 0.1) is 0 Å². The molecule has 35 heteroatoms. The Morgan fingerprint density at radius 1 is 0.526 bits per heavy atom. The summed E-state index contributed by atoms with van der Waals surface area (Å²) in [6.07, 6.45) is -58.2. The molecule has 6 aliphatic rings. The second-order valence-electron chi connectivity index (χ2n) is 19.6. The van der Waals surface area contributed by atoms with Gasteiger partial charge < -0.3 is 160 Å². The van der Waals surface area contributed by atoms with Crippen molar-refractivity contribution in [2.45, 2.75) is 217 Å². The van der Waals surface area contributed by atoms with E-state index in [1.807, 2.05) is 0 Å². The highest BCUT2D eigenvalue weighted by Gasteiger charge is 2.62. The molecule has 0 aromatic rings. The van der Waals surface area contributed by atoms with Crippen LogP contribution in [0.4, 0.5) is 0 Å². The molecule has 35 nitrogen and oxygen atoms in total. The summed E-state index contributed by atoms with van der Waals surface area (Å²) in [5, 5.41) is 209. The van der Waals surface area contributed by atoms with Crippen LogP contribution in [-0.4, -0.2) is 338 Å². The fourth-order valence-electron chi connectivity index (χ4n) is 9.96. The molecule has 78 heavy (non-hydrogen) atoms. The van der Waals surface area contributed by atoms with Gasteiger partial charge in [-0.25, -0.2) is 4.79 Å². The van der Waals surface area contributed by atoms with E-state index in [9.17, 15) is 111 Å². The Hall–Kier alpha value is -2.75. The van der Waals surface area contributed by atoms with Crippen LogP contribution in [0.2, 0.25) is 0 Å². The van der Waals surface area contributed by atoms with E-state index < -0.39 is 247 Å². The molecule has 0 radical (unpaired) electrons. The van der Waals surface area contributed by atoms with E-state index in [0.29, 0.717) is 0 Å². The third-order valence-electron chi connectivity index (χ3n) is 14.2. The number of aliphatic carboxylic acids is 1. The van der Waals surface area contributed by atoms with Gasteiger partial charge in [0.15, 0.2) is 31.5 Å². The van der Waals surface area contributed by atoms with Crippen molar-refractivity contribution >= 4 is 17.8 Å². The first-order valence-electron chi connectivity index (χ1n) is 24.6. The van der Waals surface area contributed by atoms with Crippen molar-refractivity contribution in [3.05, 3.63) is 0 Å². The molecular formula is C43H72N2O33. The Balaban J connectivity index is 1.37. The third kappa shape index (κ3) is 13.5. The maximum Gasteiger partial charge on any atom is 0.364 e. The van der Waals surface area contributed by atoms with Crippen molar-refractivity contribution in [3.8, 4) is 0 Å². The first-order chi connectivity index (χ1) is 36.7. The van der Waals surface area contributed by atoms with Gasteiger partial charge in [0.1, 0.15) is 134 Å². The molecule has 6 saturated heterocycles. The van der Waals surface area contributed by atoms with Gasteiger partial charge in [-0.1, -0.05) is 0 Å². The van der Waals surface area contributed by atoms with Crippen LogP contribution < -0.4 is 10.6 Å². The number of aliphatic hydroxyl groups is 18. The van der Waals surface area contributed by atoms with Gasteiger partial charge in [-0.05, 0) is 6.92 Å². The number of rotatable bonds is 20. The lowest BCUT2D eigenvalue weighted by atomic mass is 9.88. The Morgan fingerprint density at radius 3 is 1.54 bits per heavy atom. The SMILES string of the molecule is CC(=O)NC1C(O)CC(OC2C(O)C(CO)OC(OC3C(CO)OC(OC4C(O)C(CO)OC(OC5C(CO)OC(O)C(O)C5O)C4O)C(NC(C)=O)C3OC3OC(C)C(O)C(O)C3O)C2O)(C(=O)O)OC1C(O)C(O)CO. The molecule has 6 rings (SSSR count). The number of ether oxygens (including phenoxy) is 11. The predicted octanol–water partition coefficient (Wildman–Crippen LogP) is -13.6. The highest BCUT2D eigenvalue weighted by Crippen LogP contribution is 2.40. The number of carbonyl (C=O) groups excluding carboxylic acids is 2. The zero-order chi connectivity index (χ0) is 58.0. The number of carbonyl (C=O) groups is 3. The number of hydrogen-bond donors (Lipinski definition) is 21. The minimum Gasteiger partial charge on any atom is -0.477 e. The van der Waals surface area contributed by atoms with Crippen molar-refractivity contribution < 1.29 is 164 Å². The quantitative estimate of drug-likeness (QED) is 0.0538. The van der Waals surface area contributed by atoms with Crippen molar-refractivity contribution in [2.24, 2.45) is 0 Å². The summed E-state index contributed by atoms with van der Waals surface area (Å²) < 4.78 is 63.6. The number of amides is 2. The van der Waals surface area contributed by atoms with Gasteiger partial charge >= 0.3 is 5.97 Å². The molecule has 6 aliphatic heterocycles. The third-order valence-corrected chi connectivity index (χ3v) is 14.2. The minimum absolute atomic E-state index is 0.841. The largest absolute Gasteiger partial charge is 0.477 e. The molecule has 31 atom stereocenters. The highest BCUT2D eigenvalue weighted by atomic mass is 16.8. The lowest BCUT2D eigenvalue weighted by Gasteiger charge is -2.52. The summed E-state index contributed by atoms with van der Waals surface area (Å²) in [6, 6.07) is -3.64. The van der Waals surface area contributed by atoms with Gasteiger partial charge in [-0.2, -0.15) is 0 Å². The molecule has 0 aromatic heterocycles. The molecule has 31 unspecified atom stereocenters. The Bertz CT molecular complexity index is 1950. The van der Waals surface area contributed by atoms with Crippen molar-refractivity contribution in [1.82, 2.24) is 10.6 Å². The molecule has 0 spiro atoms. The van der Waals surface area contributed by atoms with E-state index in [-0.39, 0.29) is 0 Å². The fourth-order valence-corrected chi connectivity index (χ4v) is 9.96. The zero-order valence-electron chi connectivity index (χ0n) is 41.8. The van der Waals surface area contributed by atoms with E-state index in [0.717, 1.165) is 13.8 Å². The second kappa shape index (κ2) is 27.1. The fraction of sp³-hybridized carbons (Fsp3) is 0.930. The van der Waals surface area contributed by atoms with E-state index in [4.69, 9.17) is 52.1 Å². The highest BCUT2D eigenvalue weighted by molar-refractivity contribution is 5.76. The van der Waals surface area contributed by atoms with Gasteiger partial charge in [-0.3, -0.25) is 9.59 Å². The summed E-state index contributed by atoms with van der Waals surface area (Å²) in [5.74, 6) is -7.15. The van der Waals surface area contributed by atoms with Crippen LogP contribution in [0.5, 0.6) is 0 Å². The molecule has 2 amide bonds. The van der Waals surface area contributed by atoms with Crippen molar-refractivity contribution in [2.75, 3.05) is 33.0 Å². The van der Waals surface area contributed by atoms with E-state index in [1.54, 1.807) is 0 Å². The van der Waals surface area contributed by atoms with Crippen LogP contribution in [0.1, 0.15) is 27.2 Å². The monoisotopic (exact) mass is 1140 g/mol. The molecule has 0 aliphatic carbocycles. The number of carboxylic acids is 1. The lowest BCUT2D eigenvalue weighted by Crippen LogP contribution is -2.72. The van der Waals surface area contributed by atoms with Gasteiger partial charge in [-0.15, -0.1) is 0 Å². The molecule has 6 fully saturated rings. The summed E-state index contributed by atoms with van der Waals surface area (Å²) in [5.41, 5.74) is 0. The smallest absolute Gasteiger partial charge is 0.364 e. The maximum atomic E-state index is 13.2. The molecular weight excluding hydrogens is 1070 g/mol. The Morgan fingerprint density at radius 2 is 1.00 bits per heavy atom. The topological polar surface area (TPSA) is 561 Å². The average Bonchev–Trinajstić information content (AvgIpc) is 3.49. The molecule has 0 aromatic carbocycles. The van der Waals surface area contributed by atoms with E-state index in [1.165, 1.54) is 6.92 Å². The van der Waals surface area contributed by atoms with Crippen LogP contribution in [0.25, 0.3) is 0 Å². The van der Waals surface area contributed by atoms with Gasteiger partial charge in [0.2, 0.25) is 11.8 Å². The molecule has 0 bridgehead atoms. The van der Waals surface area contributed by atoms with Crippen LogP contribution in [0.15, 0.2) is 0 Å². The van der Waals surface area contributed by atoms with E-state index >= 15 is 0 Å². The minimum atomic E-state index is -3.25. The average molecular weight is 1150 g/mol. The molecule has 0 saturated carbocycles. The second-order valence-corrected chi connectivity index (χ2v) is 19.6. The molecule has 452 valence electrons. The Kier molecular flexibility index (Phi) is 22.4. The van der Waals surface area contributed by atoms with Gasteiger partial charge in [0, 0.05) is 20.3 Å². The number of aliphatic hydroxyl groups excluding tert-OH is 18. The number of nitrogens with one attached hydrogen (secondary N) is 2. The standard InChI is InChI=1S/C43H72N2O33/c1-10-21(55)25(59)28(62)39(68-10)75-34-20(45-12(3)52)38(76-35-23(57)15(6-47)70-40(29(35)63)73-31-17(8-49)69-37(65)27(61)26(31)60)72-18(9-50)32(34)74-41-30(64)36(24(58)16(7-48)71-41)78-43(42(66)67)4-13(53)19(44-11(2)51)33(77-43)22(56)14(54)5-46/h10,13-41,46-50,53-65H,4-9H2,1-3H3,(H,44,51)(H,45,52)(H,66,67). The van der Waals surface area contributed by atoms with Crippen molar-refractivity contribution in [1.29, 1.82) is 0 Å². The van der Waals surface area contributed by atoms with E-state index in [2.05, 4.69) is 10.6 Å². The van der Waals surface area contributed by atoms with Gasteiger partial charge in [0.25, 0.3) is 5.79 Å². The summed E-state index contributed by atoms with van der Waals surface area (Å²) in [7, 11) is 0. The zero-order valence-corrected chi connectivity index (χ0v) is 41.8. The summed E-state index contributed by atoms with van der Waals surface area (Å²) in [6.45, 7) is -2.35. The van der Waals surface area contributed by atoms with Crippen LogP contribution in [0.3, 0.4) is 0 Å². The molecule has 6 heterocycles. The summed E-state index contributed by atoms with van der Waals surface area (Å²) >= 11 is 0. The number of hydrogen-bond acceptors (Lipinski definition) is 32.